The lowest BCUT2D eigenvalue weighted by Crippen LogP contribution is -2.32. The summed E-state index contributed by atoms with van der Waals surface area (Å²) in [6.07, 6.45) is 14.7. The first kappa shape index (κ1) is 22.7. The Labute approximate surface area is 146 Å². The van der Waals surface area contributed by atoms with E-state index in [0.29, 0.717) is 13.1 Å². The monoisotopic (exact) mass is 374 g/mol. The van der Waals surface area contributed by atoms with Crippen molar-refractivity contribution in [2.24, 2.45) is 0 Å². The maximum absolute atomic E-state index is 8.55. The van der Waals surface area contributed by atoms with Gasteiger partial charge in [0.2, 0.25) is 12.7 Å². The van der Waals surface area contributed by atoms with Gasteiger partial charge in [-0.2, -0.15) is 0 Å². The van der Waals surface area contributed by atoms with Crippen molar-refractivity contribution in [3.05, 3.63) is 50.6 Å². The van der Waals surface area contributed by atoms with Crippen molar-refractivity contribution in [1.82, 2.24) is 9.13 Å². The molecule has 0 fully saturated rings. The molecule has 0 bridgehead atoms. The Bertz CT molecular complexity index is 682. The number of hydrogen-bond acceptors (Lipinski definition) is 6. The summed E-state index contributed by atoms with van der Waals surface area (Å²) in [7, 11) is -5.17. The maximum Gasteiger partial charge on any atom is 0.248 e. The van der Waals surface area contributed by atoms with Crippen LogP contribution >= 0.6 is 0 Å². The molecule has 2 heterocycles. The van der Waals surface area contributed by atoms with Crippen molar-refractivity contribution in [1.29, 1.82) is 0 Å². The Hall–Kier alpha value is -2.31. The van der Waals surface area contributed by atoms with Crippen LogP contribution in [0.25, 0.3) is 12.4 Å². The summed E-state index contributed by atoms with van der Waals surface area (Å²) in [6.45, 7) is 8.81. The lowest BCUT2D eigenvalue weighted by atomic mass is 10.7. The third-order valence-corrected chi connectivity index (χ3v) is 2.56. The van der Waals surface area contributed by atoms with E-state index in [4.69, 9.17) is 27.7 Å². The highest BCUT2D eigenvalue weighted by atomic mass is 32.3. The zero-order chi connectivity index (χ0) is 19.3. The van der Waals surface area contributed by atoms with Crippen LogP contribution in [0.15, 0.2) is 50.6 Å². The van der Waals surface area contributed by atoms with Crippen LogP contribution in [0.4, 0.5) is 0 Å². The zero-order valence-electron chi connectivity index (χ0n) is 13.6. The number of rotatable bonds is 6. The normalized spacial score (nSPS) is 10.1. The Kier molecular flexibility index (Phi) is 11.0. The van der Waals surface area contributed by atoms with Gasteiger partial charge >= 0.3 is 0 Å². The number of aromatic nitrogens is 4. The van der Waals surface area contributed by atoms with Gasteiger partial charge in [0.25, 0.3) is 0 Å². The molecule has 0 saturated carbocycles. The third kappa shape index (κ3) is 12.7. The number of imidazole rings is 2. The van der Waals surface area contributed by atoms with Crippen molar-refractivity contribution in [3.8, 4) is 0 Å². The number of hydrogen-bond donors (Lipinski definition) is 2. The fourth-order valence-corrected chi connectivity index (χ4v) is 1.53. The van der Waals surface area contributed by atoms with Crippen molar-refractivity contribution in [2.75, 3.05) is 13.2 Å². The van der Waals surface area contributed by atoms with Crippen molar-refractivity contribution < 1.29 is 36.9 Å². The van der Waals surface area contributed by atoms with Gasteiger partial charge in [0.1, 0.15) is 37.9 Å². The first-order valence-corrected chi connectivity index (χ1v) is 8.33. The smallest absolute Gasteiger partial charge is 0.248 e. The molecular formula is C14H22N4O6S. The van der Waals surface area contributed by atoms with Gasteiger partial charge in [0, 0.05) is 10.4 Å². The molecule has 0 aliphatic rings. The fourth-order valence-electron chi connectivity index (χ4n) is 1.53. The molecule has 11 heteroatoms. The summed E-state index contributed by atoms with van der Waals surface area (Å²) in [5.41, 5.74) is 0. The average molecular weight is 374 g/mol. The van der Waals surface area contributed by atoms with Crippen molar-refractivity contribution in [3.63, 3.8) is 0 Å². The Morgan fingerprint density at radius 1 is 0.920 bits per heavy atom. The van der Waals surface area contributed by atoms with Gasteiger partial charge in [0.15, 0.2) is 0 Å². The number of nitrogens with zero attached hydrogens (tertiary/aromatic N) is 4. The summed E-state index contributed by atoms with van der Waals surface area (Å²) in [4.78, 5) is 0. The van der Waals surface area contributed by atoms with Crippen LogP contribution in [-0.2, 0) is 23.5 Å². The fraction of sp³-hybridized carbons (Fsp3) is 0.286. The maximum atomic E-state index is 8.55. The molecule has 2 aromatic heterocycles. The summed E-state index contributed by atoms with van der Waals surface area (Å²) in [6, 6.07) is 0. The molecule has 0 spiro atoms. The molecule has 0 aromatic carbocycles. The quantitative estimate of drug-likeness (QED) is 0.355. The van der Waals surface area contributed by atoms with Crippen LogP contribution in [0.1, 0.15) is 0 Å². The van der Waals surface area contributed by atoms with Gasteiger partial charge < -0.3 is 19.3 Å². The second kappa shape index (κ2) is 12.1. The second-order valence-electron chi connectivity index (χ2n) is 4.42. The predicted molar refractivity (Wildman–Crippen MR) is 86.7 cm³/mol. The average Bonchev–Trinajstić information content (AvgIpc) is 3.16. The molecule has 0 radical (unpaired) electrons. The van der Waals surface area contributed by atoms with Crippen LogP contribution < -0.4 is 9.13 Å². The van der Waals surface area contributed by atoms with E-state index in [1.165, 1.54) is 0 Å². The molecule has 0 saturated heterocycles. The summed E-state index contributed by atoms with van der Waals surface area (Å²) in [5, 5.41) is 17.1. The van der Waals surface area contributed by atoms with Crippen molar-refractivity contribution >= 4 is 22.8 Å². The molecule has 0 amide bonds. The molecule has 0 unspecified atom stereocenters. The van der Waals surface area contributed by atoms with Gasteiger partial charge in [-0.05, 0) is 0 Å². The highest BCUT2D eigenvalue weighted by molar-refractivity contribution is 7.79. The molecule has 2 aromatic rings. The molecule has 10 nitrogen and oxygen atoms in total. The van der Waals surface area contributed by atoms with Gasteiger partial charge in [-0.25, -0.2) is 18.3 Å². The highest BCUT2D eigenvalue weighted by Gasteiger charge is 1.98. The number of aliphatic hydroxyl groups is 2. The lowest BCUT2D eigenvalue weighted by molar-refractivity contribution is -0.697. The van der Waals surface area contributed by atoms with Gasteiger partial charge in [-0.15, -0.1) is 0 Å². The topological polar surface area (TPSA) is 138 Å². The summed E-state index contributed by atoms with van der Waals surface area (Å²) in [5.74, 6) is 0. The van der Waals surface area contributed by atoms with Crippen LogP contribution in [0.3, 0.4) is 0 Å². The van der Waals surface area contributed by atoms with E-state index < -0.39 is 10.4 Å². The molecule has 0 aliphatic carbocycles. The van der Waals surface area contributed by atoms with Gasteiger partial charge in [-0.3, -0.25) is 8.42 Å². The van der Waals surface area contributed by atoms with E-state index in [1.807, 2.05) is 55.7 Å². The SMILES string of the molecule is C=Cn1cc[n+](CCO)c1.C=Cn1cc[n+](CCO)c1.O=S(=O)([O-])[O-]. The highest BCUT2D eigenvalue weighted by Crippen LogP contribution is 1.82. The molecule has 0 atom stereocenters. The summed E-state index contributed by atoms with van der Waals surface area (Å²) < 4.78 is 41.5. The van der Waals surface area contributed by atoms with Gasteiger partial charge in [0.05, 0.1) is 25.6 Å². The third-order valence-electron chi connectivity index (χ3n) is 2.56. The largest absolute Gasteiger partial charge is 0.759 e. The summed E-state index contributed by atoms with van der Waals surface area (Å²) >= 11 is 0. The molecule has 0 aliphatic heterocycles. The minimum atomic E-state index is -5.17. The second-order valence-corrected chi connectivity index (χ2v) is 5.23. The molecule has 2 rings (SSSR count). The Morgan fingerprint density at radius 3 is 1.44 bits per heavy atom. The standard InChI is InChI=1S/2C7H11N2O.H2O4S/c2*1-2-8-3-4-9(7-8)5-6-10;1-5(2,3)4/h2*2-4,7,10H,1,5-6H2;(H2,1,2,3,4)/q2*+1;/p-2. The van der Waals surface area contributed by atoms with Crippen LogP contribution in [0.2, 0.25) is 0 Å². The van der Waals surface area contributed by atoms with Gasteiger partial charge in [-0.1, -0.05) is 13.2 Å². The first-order chi connectivity index (χ1) is 11.7. The molecule has 25 heavy (non-hydrogen) atoms. The van der Waals surface area contributed by atoms with E-state index in [9.17, 15) is 0 Å². The van der Waals surface area contributed by atoms with Crippen LogP contribution in [-0.4, -0.2) is 50.1 Å². The van der Waals surface area contributed by atoms with E-state index in [1.54, 1.807) is 12.4 Å². The number of aliphatic hydroxyl groups excluding tert-OH is 2. The minimum absolute atomic E-state index is 0.172. The molecular weight excluding hydrogens is 352 g/mol. The van der Waals surface area contributed by atoms with E-state index in [-0.39, 0.29) is 13.2 Å². The van der Waals surface area contributed by atoms with E-state index in [0.717, 1.165) is 0 Å². The van der Waals surface area contributed by atoms with Crippen LogP contribution in [0.5, 0.6) is 0 Å². The lowest BCUT2D eigenvalue weighted by Gasteiger charge is -2.06. The van der Waals surface area contributed by atoms with Crippen LogP contribution in [0, 0.1) is 0 Å². The predicted octanol–water partition coefficient (Wildman–Crippen LogP) is -1.60. The first-order valence-electron chi connectivity index (χ1n) is 7.00. The molecule has 2 N–H and O–H groups in total. The Balaban J connectivity index is 0.000000368. The Morgan fingerprint density at radius 2 is 1.24 bits per heavy atom. The van der Waals surface area contributed by atoms with E-state index >= 15 is 0 Å². The van der Waals surface area contributed by atoms with E-state index in [2.05, 4.69) is 13.2 Å². The minimum Gasteiger partial charge on any atom is -0.759 e. The molecule has 140 valence electrons. The zero-order valence-corrected chi connectivity index (χ0v) is 14.4. The van der Waals surface area contributed by atoms with Crippen molar-refractivity contribution in [2.45, 2.75) is 13.1 Å².